The number of rotatable bonds is 3. The van der Waals surface area contributed by atoms with E-state index in [1.165, 1.54) is 29.7 Å². The fourth-order valence-corrected chi connectivity index (χ4v) is 4.55. The van der Waals surface area contributed by atoms with Gasteiger partial charge in [-0.25, -0.2) is 4.68 Å². The van der Waals surface area contributed by atoms with E-state index in [1.807, 2.05) is 4.90 Å². The van der Waals surface area contributed by atoms with Gasteiger partial charge in [0.25, 0.3) is 11.6 Å². The van der Waals surface area contributed by atoms with Crippen molar-refractivity contribution in [2.75, 3.05) is 6.54 Å². The molecule has 2 heterocycles. The molecule has 0 spiro atoms. The van der Waals surface area contributed by atoms with E-state index in [9.17, 15) is 14.9 Å². The Morgan fingerprint density at radius 1 is 1.26 bits per heavy atom. The number of likely N-dealkylation sites (tertiary alicyclic amines) is 1. The molecule has 0 bridgehead atoms. The van der Waals surface area contributed by atoms with Gasteiger partial charge in [-0.15, -0.1) is 5.10 Å². The van der Waals surface area contributed by atoms with Crippen LogP contribution in [0.4, 0.5) is 5.69 Å². The van der Waals surface area contributed by atoms with E-state index < -0.39 is 4.92 Å². The molecule has 8 nitrogen and oxygen atoms in total. The van der Waals surface area contributed by atoms with Crippen LogP contribution >= 0.6 is 0 Å². The molecule has 8 heteroatoms. The summed E-state index contributed by atoms with van der Waals surface area (Å²) in [6, 6.07) is 6.43. The van der Waals surface area contributed by atoms with Crippen LogP contribution in [0.1, 0.15) is 49.5 Å². The summed E-state index contributed by atoms with van der Waals surface area (Å²) in [5.41, 5.74) is 0.782. The Morgan fingerprint density at radius 3 is 2.89 bits per heavy atom. The van der Waals surface area contributed by atoms with Crippen LogP contribution in [0.25, 0.3) is 5.69 Å². The first-order valence-corrected chi connectivity index (χ1v) is 9.53. The number of nitrogens with zero attached hydrogens (tertiary/aromatic N) is 5. The molecule has 0 radical (unpaired) electrons. The molecule has 1 aliphatic heterocycles. The highest BCUT2D eigenvalue weighted by Gasteiger charge is 2.40. The highest BCUT2D eigenvalue weighted by molar-refractivity contribution is 5.92. The molecule has 1 aromatic carbocycles. The second-order valence-electron chi connectivity index (χ2n) is 7.61. The largest absolute Gasteiger partial charge is 0.334 e. The minimum atomic E-state index is -0.454. The third-order valence-electron chi connectivity index (χ3n) is 6.02. The van der Waals surface area contributed by atoms with E-state index in [1.54, 1.807) is 18.3 Å². The van der Waals surface area contributed by atoms with Gasteiger partial charge >= 0.3 is 0 Å². The van der Waals surface area contributed by atoms with E-state index in [-0.39, 0.29) is 17.6 Å². The lowest BCUT2D eigenvalue weighted by Gasteiger charge is -2.47. The predicted octanol–water partition coefficient (Wildman–Crippen LogP) is 3.22. The molecule has 2 aromatic rings. The Hall–Kier alpha value is -2.77. The van der Waals surface area contributed by atoms with E-state index in [0.717, 1.165) is 25.8 Å². The molecule has 4 rings (SSSR count). The first-order chi connectivity index (χ1) is 13.0. The Balaban J connectivity index is 1.57. The van der Waals surface area contributed by atoms with Gasteiger partial charge in [0.15, 0.2) is 5.69 Å². The Morgan fingerprint density at radius 2 is 2.07 bits per heavy atom. The molecule has 1 aromatic heterocycles. The third-order valence-corrected chi connectivity index (χ3v) is 6.02. The number of benzene rings is 1. The standard InChI is InChI=1S/C19H23N5O3/c1-13-9-10-22(18-8-3-2-7-16(13)18)19(25)17-12-23(21-20-17)14-5-4-6-15(11-14)24(26)27/h4-6,11-13,16,18H,2-3,7-10H2,1H3/t13-,16+,18+/m1/s1. The molecule has 1 saturated carbocycles. The zero-order valence-corrected chi connectivity index (χ0v) is 15.3. The van der Waals surface area contributed by atoms with Crippen molar-refractivity contribution in [3.63, 3.8) is 0 Å². The highest BCUT2D eigenvalue weighted by Crippen LogP contribution is 2.39. The van der Waals surface area contributed by atoms with Gasteiger partial charge in [-0.2, -0.15) is 0 Å². The fraction of sp³-hybridized carbons (Fsp3) is 0.526. The van der Waals surface area contributed by atoms with Gasteiger partial charge in [-0.05, 0) is 37.2 Å². The lowest BCUT2D eigenvalue weighted by atomic mass is 9.72. The van der Waals surface area contributed by atoms with Crippen molar-refractivity contribution in [2.45, 2.75) is 45.1 Å². The second-order valence-corrected chi connectivity index (χ2v) is 7.61. The van der Waals surface area contributed by atoms with Crippen molar-refractivity contribution < 1.29 is 9.72 Å². The molecule has 0 unspecified atom stereocenters. The number of aromatic nitrogens is 3. The number of hydrogen-bond acceptors (Lipinski definition) is 5. The van der Waals surface area contributed by atoms with Gasteiger partial charge in [0.05, 0.1) is 16.8 Å². The number of non-ortho nitro benzene ring substituents is 1. The van der Waals surface area contributed by atoms with Gasteiger partial charge in [-0.3, -0.25) is 14.9 Å². The molecule has 142 valence electrons. The van der Waals surface area contributed by atoms with Crippen molar-refractivity contribution >= 4 is 11.6 Å². The van der Waals surface area contributed by atoms with Gasteiger partial charge in [0.1, 0.15) is 0 Å². The van der Waals surface area contributed by atoms with Crippen LogP contribution in [0, 0.1) is 22.0 Å². The lowest BCUT2D eigenvalue weighted by molar-refractivity contribution is -0.384. The maximum atomic E-state index is 13.1. The predicted molar refractivity (Wildman–Crippen MR) is 98.6 cm³/mol. The summed E-state index contributed by atoms with van der Waals surface area (Å²) in [5.74, 6) is 1.14. The van der Waals surface area contributed by atoms with Gasteiger partial charge in [0.2, 0.25) is 0 Å². The Labute approximate surface area is 157 Å². The molecule has 3 atom stereocenters. The van der Waals surface area contributed by atoms with Gasteiger partial charge < -0.3 is 4.90 Å². The Kier molecular flexibility index (Phi) is 4.63. The summed E-state index contributed by atoms with van der Waals surface area (Å²) in [6.07, 6.45) is 7.24. The smallest absolute Gasteiger partial charge is 0.276 e. The van der Waals surface area contributed by atoms with Crippen LogP contribution in [0.3, 0.4) is 0 Å². The maximum absolute atomic E-state index is 13.1. The zero-order chi connectivity index (χ0) is 19.0. The summed E-state index contributed by atoms with van der Waals surface area (Å²) >= 11 is 0. The lowest BCUT2D eigenvalue weighted by Crippen LogP contribution is -2.52. The minimum Gasteiger partial charge on any atom is -0.334 e. The number of fused-ring (bicyclic) bond motifs is 1. The number of hydrogen-bond donors (Lipinski definition) is 0. The summed E-state index contributed by atoms with van der Waals surface area (Å²) < 4.78 is 1.42. The summed E-state index contributed by atoms with van der Waals surface area (Å²) in [4.78, 5) is 25.6. The first-order valence-electron chi connectivity index (χ1n) is 9.53. The van der Waals surface area contributed by atoms with Crippen molar-refractivity contribution in [1.29, 1.82) is 0 Å². The van der Waals surface area contributed by atoms with Crippen molar-refractivity contribution in [1.82, 2.24) is 19.9 Å². The van der Waals surface area contributed by atoms with Crippen molar-refractivity contribution in [3.8, 4) is 5.69 Å². The number of nitro benzene ring substituents is 1. The van der Waals surface area contributed by atoms with Gasteiger partial charge in [-0.1, -0.05) is 31.0 Å². The average molecular weight is 369 g/mol. The monoisotopic (exact) mass is 369 g/mol. The normalized spacial score (nSPS) is 25.1. The third kappa shape index (κ3) is 3.31. The van der Waals surface area contributed by atoms with Crippen LogP contribution in [0.2, 0.25) is 0 Å². The number of carbonyl (C=O) groups is 1. The van der Waals surface area contributed by atoms with E-state index in [0.29, 0.717) is 23.2 Å². The van der Waals surface area contributed by atoms with Crippen LogP contribution in [-0.4, -0.2) is 43.3 Å². The highest BCUT2D eigenvalue weighted by atomic mass is 16.6. The molecular weight excluding hydrogens is 346 g/mol. The average Bonchev–Trinajstić information content (AvgIpc) is 3.18. The first kappa shape index (κ1) is 17.6. The van der Waals surface area contributed by atoms with E-state index >= 15 is 0 Å². The molecule has 1 aliphatic carbocycles. The molecular formula is C19H23N5O3. The quantitative estimate of drug-likeness (QED) is 0.611. The Bertz CT molecular complexity index is 865. The summed E-state index contributed by atoms with van der Waals surface area (Å²) in [6.45, 7) is 3.05. The molecule has 2 aliphatic rings. The minimum absolute atomic E-state index is 0.0223. The summed E-state index contributed by atoms with van der Waals surface area (Å²) in [7, 11) is 0. The van der Waals surface area contributed by atoms with Crippen LogP contribution in [0.5, 0.6) is 0 Å². The number of piperidine rings is 1. The van der Waals surface area contributed by atoms with E-state index in [2.05, 4.69) is 17.2 Å². The number of nitro groups is 1. The van der Waals surface area contributed by atoms with Gasteiger partial charge in [0, 0.05) is 24.7 Å². The van der Waals surface area contributed by atoms with Crippen LogP contribution < -0.4 is 0 Å². The topological polar surface area (TPSA) is 94.2 Å². The summed E-state index contributed by atoms with van der Waals surface area (Å²) in [5, 5.41) is 19.0. The number of amides is 1. The molecule has 1 saturated heterocycles. The van der Waals surface area contributed by atoms with Crippen LogP contribution in [0.15, 0.2) is 30.5 Å². The van der Waals surface area contributed by atoms with Crippen LogP contribution in [-0.2, 0) is 0 Å². The molecule has 1 amide bonds. The molecule has 0 N–H and O–H groups in total. The molecule has 27 heavy (non-hydrogen) atoms. The van der Waals surface area contributed by atoms with Crippen molar-refractivity contribution in [2.24, 2.45) is 11.8 Å². The van der Waals surface area contributed by atoms with Crippen molar-refractivity contribution in [3.05, 3.63) is 46.3 Å². The number of carbonyl (C=O) groups excluding carboxylic acids is 1. The second kappa shape index (κ2) is 7.09. The maximum Gasteiger partial charge on any atom is 0.276 e. The van der Waals surface area contributed by atoms with E-state index in [4.69, 9.17) is 0 Å². The zero-order valence-electron chi connectivity index (χ0n) is 15.3. The SMILES string of the molecule is C[C@@H]1CCN(C(=O)c2cn(-c3cccc([N+](=O)[O-])c3)nn2)[C@H]2CCCC[C@@H]12. The fourth-order valence-electron chi connectivity index (χ4n) is 4.55. The molecule has 2 fully saturated rings.